The predicted octanol–water partition coefficient (Wildman–Crippen LogP) is 7.17. The Morgan fingerprint density at radius 2 is 1.57 bits per heavy atom. The second kappa shape index (κ2) is 6.55. The molecule has 2 heteroatoms. The van der Waals surface area contributed by atoms with Gasteiger partial charge in [-0.2, -0.15) is 0 Å². The van der Waals surface area contributed by atoms with E-state index in [4.69, 9.17) is 0 Å². The summed E-state index contributed by atoms with van der Waals surface area (Å²) in [4.78, 5) is 7.04. The third-order valence-corrected chi connectivity index (χ3v) is 6.20. The minimum absolute atomic E-state index is 0.106. The molecule has 4 aromatic rings. The summed E-state index contributed by atoms with van der Waals surface area (Å²) in [5.41, 5.74) is 8.32. The van der Waals surface area contributed by atoms with Crippen molar-refractivity contribution in [2.24, 2.45) is 0 Å². The van der Waals surface area contributed by atoms with Gasteiger partial charge >= 0.3 is 0 Å². The van der Waals surface area contributed by atoms with Crippen LogP contribution in [0.25, 0.3) is 21.8 Å². The van der Waals surface area contributed by atoms with E-state index in [0.717, 1.165) is 12.8 Å². The van der Waals surface area contributed by atoms with E-state index < -0.39 is 0 Å². The number of rotatable bonds is 4. The van der Waals surface area contributed by atoms with Crippen LogP contribution in [-0.2, 0) is 17.3 Å². The summed E-state index contributed by atoms with van der Waals surface area (Å²) in [5.74, 6) is 0. The number of aryl methyl sites for hydroxylation is 2. The number of nitrogens with one attached hydrogen (secondary N) is 2. The topological polar surface area (TPSA) is 31.6 Å². The zero-order chi connectivity index (χ0) is 20.1. The summed E-state index contributed by atoms with van der Waals surface area (Å²) >= 11 is 0. The van der Waals surface area contributed by atoms with Crippen molar-refractivity contribution in [2.45, 2.75) is 65.2 Å². The SMILES string of the molecule is Cc1ccc2c(C(C)(C)CCc3cccc4c(C(C)(C)C)c[nH]c34)c[nH]c2c1. The first-order chi connectivity index (χ1) is 13.2. The Kier molecular flexibility index (Phi) is 4.41. The summed E-state index contributed by atoms with van der Waals surface area (Å²) < 4.78 is 0. The zero-order valence-corrected chi connectivity index (χ0v) is 18.0. The molecule has 0 saturated carbocycles. The minimum atomic E-state index is 0.106. The van der Waals surface area contributed by atoms with Gasteiger partial charge < -0.3 is 9.97 Å². The van der Waals surface area contributed by atoms with Crippen molar-refractivity contribution in [1.29, 1.82) is 0 Å². The number of H-pyrrole nitrogens is 2. The number of aromatic nitrogens is 2. The molecule has 2 heterocycles. The van der Waals surface area contributed by atoms with Crippen LogP contribution in [0.5, 0.6) is 0 Å². The van der Waals surface area contributed by atoms with E-state index in [1.807, 2.05) is 0 Å². The van der Waals surface area contributed by atoms with Crippen LogP contribution >= 0.6 is 0 Å². The molecule has 146 valence electrons. The molecule has 28 heavy (non-hydrogen) atoms. The average molecular weight is 373 g/mol. The Morgan fingerprint density at radius 1 is 0.821 bits per heavy atom. The highest BCUT2D eigenvalue weighted by molar-refractivity contribution is 5.87. The largest absolute Gasteiger partial charge is 0.361 e. The van der Waals surface area contributed by atoms with Crippen LogP contribution in [-0.4, -0.2) is 9.97 Å². The lowest BCUT2D eigenvalue weighted by molar-refractivity contribution is 0.484. The number of benzene rings is 2. The number of aromatic amines is 2. The van der Waals surface area contributed by atoms with Gasteiger partial charge in [0.15, 0.2) is 0 Å². The second-order valence-electron chi connectivity index (χ2n) is 9.93. The Hall–Kier alpha value is -2.48. The third kappa shape index (κ3) is 3.26. The maximum atomic E-state index is 3.56. The Labute approximate surface area is 168 Å². The lowest BCUT2D eigenvalue weighted by Gasteiger charge is -2.25. The zero-order valence-electron chi connectivity index (χ0n) is 18.0. The molecule has 2 N–H and O–H groups in total. The van der Waals surface area contributed by atoms with E-state index in [9.17, 15) is 0 Å². The van der Waals surface area contributed by atoms with Crippen LogP contribution < -0.4 is 0 Å². The van der Waals surface area contributed by atoms with Gasteiger partial charge in [-0.3, -0.25) is 0 Å². The number of para-hydroxylation sites is 1. The van der Waals surface area contributed by atoms with Crippen LogP contribution in [0.3, 0.4) is 0 Å². The van der Waals surface area contributed by atoms with Crippen molar-refractivity contribution in [1.82, 2.24) is 9.97 Å². The lowest BCUT2D eigenvalue weighted by Crippen LogP contribution is -2.17. The quantitative estimate of drug-likeness (QED) is 0.381. The van der Waals surface area contributed by atoms with Crippen molar-refractivity contribution in [3.05, 3.63) is 71.0 Å². The van der Waals surface area contributed by atoms with E-state index in [0.29, 0.717) is 0 Å². The molecule has 0 saturated heterocycles. The van der Waals surface area contributed by atoms with Gasteiger partial charge in [-0.15, -0.1) is 0 Å². The first-order valence-electron chi connectivity index (χ1n) is 10.3. The average Bonchev–Trinajstić information content (AvgIpc) is 3.23. The molecular weight excluding hydrogens is 340 g/mol. The molecule has 0 radical (unpaired) electrons. The fourth-order valence-electron chi connectivity index (χ4n) is 4.43. The van der Waals surface area contributed by atoms with Gasteiger partial charge in [0, 0.05) is 34.2 Å². The van der Waals surface area contributed by atoms with Gasteiger partial charge in [0.1, 0.15) is 0 Å². The van der Waals surface area contributed by atoms with Gasteiger partial charge in [0.05, 0.1) is 0 Å². The molecule has 0 aliphatic heterocycles. The first-order valence-corrected chi connectivity index (χ1v) is 10.3. The monoisotopic (exact) mass is 372 g/mol. The first kappa shape index (κ1) is 18.9. The molecule has 2 nitrogen and oxygen atoms in total. The highest BCUT2D eigenvalue weighted by Crippen LogP contribution is 2.36. The van der Waals surface area contributed by atoms with Crippen molar-refractivity contribution in [3.8, 4) is 0 Å². The minimum Gasteiger partial charge on any atom is -0.361 e. The highest BCUT2D eigenvalue weighted by Gasteiger charge is 2.25. The van der Waals surface area contributed by atoms with Gasteiger partial charge in [-0.25, -0.2) is 0 Å². The molecule has 0 spiro atoms. The molecule has 0 aliphatic rings. The maximum Gasteiger partial charge on any atom is 0.0489 e. The molecular formula is C26H32N2. The van der Waals surface area contributed by atoms with E-state index in [1.54, 1.807) is 0 Å². The van der Waals surface area contributed by atoms with E-state index in [1.165, 1.54) is 44.1 Å². The van der Waals surface area contributed by atoms with E-state index >= 15 is 0 Å². The van der Waals surface area contributed by atoms with Gasteiger partial charge in [0.2, 0.25) is 0 Å². The van der Waals surface area contributed by atoms with Crippen LogP contribution in [0.1, 0.15) is 63.3 Å². The smallest absolute Gasteiger partial charge is 0.0489 e. The summed E-state index contributed by atoms with van der Waals surface area (Å²) in [6.07, 6.45) is 6.57. The molecule has 0 unspecified atom stereocenters. The Balaban J connectivity index is 1.64. The fourth-order valence-corrected chi connectivity index (χ4v) is 4.43. The molecule has 2 aromatic heterocycles. The molecule has 0 fully saturated rings. The molecule has 0 bridgehead atoms. The van der Waals surface area contributed by atoms with Gasteiger partial charge in [-0.05, 0) is 58.9 Å². The highest BCUT2D eigenvalue weighted by atomic mass is 14.7. The van der Waals surface area contributed by atoms with Crippen molar-refractivity contribution in [2.75, 3.05) is 0 Å². The Morgan fingerprint density at radius 3 is 2.32 bits per heavy atom. The second-order valence-corrected chi connectivity index (χ2v) is 9.93. The van der Waals surface area contributed by atoms with Gasteiger partial charge in [0.25, 0.3) is 0 Å². The molecule has 0 aliphatic carbocycles. The maximum absolute atomic E-state index is 3.56. The van der Waals surface area contributed by atoms with Crippen molar-refractivity contribution < 1.29 is 0 Å². The van der Waals surface area contributed by atoms with Crippen LogP contribution in [0, 0.1) is 6.92 Å². The summed E-state index contributed by atoms with van der Waals surface area (Å²) in [7, 11) is 0. The molecule has 2 aromatic carbocycles. The normalized spacial score (nSPS) is 12.9. The fraction of sp³-hybridized carbons (Fsp3) is 0.385. The Bertz CT molecular complexity index is 1130. The number of hydrogen-bond donors (Lipinski definition) is 2. The van der Waals surface area contributed by atoms with Crippen LogP contribution in [0.15, 0.2) is 48.8 Å². The van der Waals surface area contributed by atoms with E-state index in [2.05, 4.69) is 100 Å². The standard InChI is InChI=1S/C26H32N2/c1-17-10-11-19-22(16-27-23(19)14-17)26(5,6)13-12-18-8-7-9-20-21(25(2,3)4)15-28-24(18)20/h7-11,14-16,27-28H,12-13H2,1-6H3. The number of fused-ring (bicyclic) bond motifs is 2. The third-order valence-electron chi connectivity index (χ3n) is 6.20. The predicted molar refractivity (Wildman–Crippen MR) is 121 cm³/mol. The van der Waals surface area contributed by atoms with Gasteiger partial charge in [-0.1, -0.05) is 65.0 Å². The molecule has 0 amide bonds. The van der Waals surface area contributed by atoms with Crippen LogP contribution in [0.4, 0.5) is 0 Å². The molecule has 4 rings (SSSR count). The summed E-state index contributed by atoms with van der Waals surface area (Å²) in [6.45, 7) is 13.7. The summed E-state index contributed by atoms with van der Waals surface area (Å²) in [6, 6.07) is 13.5. The van der Waals surface area contributed by atoms with Crippen LogP contribution in [0.2, 0.25) is 0 Å². The van der Waals surface area contributed by atoms with Crippen molar-refractivity contribution >= 4 is 21.8 Å². The summed E-state index contributed by atoms with van der Waals surface area (Å²) in [5, 5.41) is 2.72. The number of hydrogen-bond acceptors (Lipinski definition) is 0. The molecule has 0 atom stereocenters. The van der Waals surface area contributed by atoms with Crippen molar-refractivity contribution in [3.63, 3.8) is 0 Å². The lowest BCUT2D eigenvalue weighted by atomic mass is 9.79. The van der Waals surface area contributed by atoms with E-state index in [-0.39, 0.29) is 10.8 Å².